The number of halogens is 1. The third kappa shape index (κ3) is 1.52. The highest BCUT2D eigenvalue weighted by molar-refractivity contribution is 7.86. The van der Waals surface area contributed by atoms with E-state index >= 15 is 0 Å². The summed E-state index contributed by atoms with van der Waals surface area (Å²) in [5, 5.41) is -0.0677. The molecule has 0 amide bonds. The summed E-state index contributed by atoms with van der Waals surface area (Å²) in [4.78, 5) is 0. The van der Waals surface area contributed by atoms with Crippen molar-refractivity contribution in [3.05, 3.63) is 29.8 Å². The molecule has 6 heteroatoms. The molecular weight excluding hydrogens is 214 g/mol. The second kappa shape index (κ2) is 2.71. The average molecular weight is 218 g/mol. The van der Waals surface area contributed by atoms with Gasteiger partial charge in [0.05, 0.1) is 5.56 Å². The predicted molar refractivity (Wildman–Crippen MR) is 48.4 cm³/mol. The van der Waals surface area contributed by atoms with Crippen LogP contribution in [0.5, 0.6) is 5.75 Å². The molecule has 0 N–H and O–H groups in total. The van der Waals surface area contributed by atoms with Crippen molar-refractivity contribution < 1.29 is 12.6 Å². The second-order valence-electron chi connectivity index (χ2n) is 2.39. The molecule has 0 unspecified atom stereocenters. The van der Waals surface area contributed by atoms with Gasteiger partial charge in [-0.2, -0.15) is 8.42 Å². The lowest BCUT2D eigenvalue weighted by Gasteiger charge is -2.12. The summed E-state index contributed by atoms with van der Waals surface area (Å²) in [7, 11) is -3.89. The molecule has 1 aromatic rings. The number of fused-ring (bicyclic) bond motifs is 1. The number of hydrogen-bond donors (Lipinski definition) is 0. The van der Waals surface area contributed by atoms with Gasteiger partial charge in [-0.25, -0.2) is 0 Å². The standard InChI is InChI=1S/C7H4ClNO3S/c8-7-5-3-1-2-4-6(5)12-13(10,11)9-7/h1-4H. The number of para-hydroxylation sites is 1. The van der Waals surface area contributed by atoms with Gasteiger partial charge in [0.2, 0.25) is 0 Å². The number of nitrogens with zero attached hydrogens (tertiary/aromatic N) is 1. The van der Waals surface area contributed by atoms with Crippen molar-refractivity contribution in [3.8, 4) is 5.75 Å². The van der Waals surface area contributed by atoms with Crippen molar-refractivity contribution in [2.75, 3.05) is 0 Å². The molecule has 0 fully saturated rings. The molecule has 0 atom stereocenters. The summed E-state index contributed by atoms with van der Waals surface area (Å²) < 4.78 is 29.6. The van der Waals surface area contributed by atoms with Crippen molar-refractivity contribution >= 4 is 27.1 Å². The third-order valence-corrected chi connectivity index (χ3v) is 2.68. The second-order valence-corrected chi connectivity index (χ2v) is 3.95. The minimum Gasteiger partial charge on any atom is -0.365 e. The SMILES string of the molecule is O=S1(=O)N=C(Cl)c2ccccc2O1. The van der Waals surface area contributed by atoms with Gasteiger partial charge in [-0.1, -0.05) is 23.7 Å². The Kier molecular flexibility index (Phi) is 1.78. The first kappa shape index (κ1) is 8.52. The highest BCUT2D eigenvalue weighted by Crippen LogP contribution is 2.26. The van der Waals surface area contributed by atoms with Crippen LogP contribution in [0.15, 0.2) is 28.7 Å². The summed E-state index contributed by atoms with van der Waals surface area (Å²) in [6, 6.07) is 6.53. The fourth-order valence-electron chi connectivity index (χ4n) is 0.989. The van der Waals surface area contributed by atoms with E-state index < -0.39 is 10.3 Å². The molecule has 1 aliphatic rings. The van der Waals surface area contributed by atoms with E-state index in [0.717, 1.165) is 0 Å². The molecule has 0 bridgehead atoms. The van der Waals surface area contributed by atoms with Crippen molar-refractivity contribution in [1.29, 1.82) is 0 Å². The number of rotatable bonds is 0. The van der Waals surface area contributed by atoms with Gasteiger partial charge in [0.25, 0.3) is 0 Å². The Labute approximate surface area is 80.1 Å². The molecule has 1 aromatic carbocycles. The fraction of sp³-hybridized carbons (Fsp3) is 0. The molecule has 1 heterocycles. The van der Waals surface area contributed by atoms with Gasteiger partial charge in [0.15, 0.2) is 10.9 Å². The van der Waals surface area contributed by atoms with Crippen LogP contribution in [0.1, 0.15) is 5.56 Å². The molecule has 68 valence electrons. The Bertz CT molecular complexity index is 480. The number of benzene rings is 1. The van der Waals surface area contributed by atoms with Gasteiger partial charge in [-0.15, -0.1) is 4.40 Å². The van der Waals surface area contributed by atoms with Gasteiger partial charge < -0.3 is 4.18 Å². The first-order valence-corrected chi connectivity index (χ1v) is 5.12. The molecule has 0 saturated carbocycles. The van der Waals surface area contributed by atoms with Gasteiger partial charge in [0, 0.05) is 0 Å². The summed E-state index contributed by atoms with van der Waals surface area (Å²) >= 11 is 5.62. The van der Waals surface area contributed by atoms with Crippen LogP contribution in [-0.4, -0.2) is 13.6 Å². The van der Waals surface area contributed by atoms with E-state index in [-0.39, 0.29) is 10.9 Å². The summed E-state index contributed by atoms with van der Waals surface area (Å²) in [6.45, 7) is 0. The van der Waals surface area contributed by atoms with Gasteiger partial charge in [-0.3, -0.25) is 0 Å². The normalized spacial score (nSPS) is 18.4. The van der Waals surface area contributed by atoms with E-state index in [2.05, 4.69) is 8.58 Å². The minimum absolute atomic E-state index is 0.0677. The highest BCUT2D eigenvalue weighted by Gasteiger charge is 2.22. The van der Waals surface area contributed by atoms with Crippen LogP contribution in [0.4, 0.5) is 0 Å². The molecule has 13 heavy (non-hydrogen) atoms. The molecule has 2 rings (SSSR count). The van der Waals surface area contributed by atoms with Crippen LogP contribution in [0.2, 0.25) is 0 Å². The van der Waals surface area contributed by atoms with Crippen LogP contribution in [0.25, 0.3) is 0 Å². The van der Waals surface area contributed by atoms with E-state index in [9.17, 15) is 8.42 Å². The maximum absolute atomic E-state index is 10.9. The lowest BCUT2D eigenvalue weighted by molar-refractivity contribution is 0.485. The highest BCUT2D eigenvalue weighted by atomic mass is 35.5. The lowest BCUT2D eigenvalue weighted by Crippen LogP contribution is -2.15. The minimum atomic E-state index is -3.89. The molecule has 0 spiro atoms. The topological polar surface area (TPSA) is 55.7 Å². The van der Waals surface area contributed by atoms with Crippen LogP contribution >= 0.6 is 11.6 Å². The van der Waals surface area contributed by atoms with Crippen molar-refractivity contribution in [2.24, 2.45) is 4.40 Å². The van der Waals surface area contributed by atoms with Gasteiger partial charge >= 0.3 is 10.3 Å². The summed E-state index contributed by atoms with van der Waals surface area (Å²) in [5.74, 6) is 0.211. The van der Waals surface area contributed by atoms with Gasteiger partial charge in [0.1, 0.15) is 0 Å². The van der Waals surface area contributed by atoms with E-state index in [1.807, 2.05) is 0 Å². The third-order valence-electron chi connectivity index (χ3n) is 1.50. The largest absolute Gasteiger partial charge is 0.429 e. The number of hydrogen-bond acceptors (Lipinski definition) is 3. The Morgan fingerprint density at radius 2 is 2.00 bits per heavy atom. The molecule has 4 nitrogen and oxygen atoms in total. The van der Waals surface area contributed by atoms with Crippen molar-refractivity contribution in [1.82, 2.24) is 0 Å². The fourth-order valence-corrected chi connectivity index (χ4v) is 2.10. The Morgan fingerprint density at radius 3 is 2.77 bits per heavy atom. The van der Waals surface area contributed by atoms with Crippen LogP contribution in [-0.2, 0) is 10.3 Å². The molecule has 1 aliphatic heterocycles. The van der Waals surface area contributed by atoms with Crippen molar-refractivity contribution in [3.63, 3.8) is 0 Å². The quantitative estimate of drug-likeness (QED) is 0.658. The predicted octanol–water partition coefficient (Wildman–Crippen LogP) is 1.31. The zero-order chi connectivity index (χ0) is 9.47. The molecule has 0 aromatic heterocycles. The maximum atomic E-state index is 10.9. The van der Waals surface area contributed by atoms with E-state index in [4.69, 9.17) is 11.6 Å². The monoisotopic (exact) mass is 217 g/mol. The molecule has 0 radical (unpaired) electrons. The van der Waals surface area contributed by atoms with Crippen molar-refractivity contribution in [2.45, 2.75) is 0 Å². The Hall–Kier alpha value is -1.07. The maximum Gasteiger partial charge on any atom is 0.429 e. The zero-order valence-electron chi connectivity index (χ0n) is 6.27. The van der Waals surface area contributed by atoms with E-state index in [0.29, 0.717) is 5.56 Å². The average Bonchev–Trinajstić information content (AvgIpc) is 2.02. The lowest BCUT2D eigenvalue weighted by atomic mass is 10.2. The first-order chi connectivity index (χ1) is 6.08. The Morgan fingerprint density at radius 1 is 1.31 bits per heavy atom. The molecule has 0 saturated heterocycles. The molecule has 0 aliphatic carbocycles. The van der Waals surface area contributed by atoms with E-state index in [1.54, 1.807) is 18.2 Å². The van der Waals surface area contributed by atoms with Crippen LogP contribution in [0.3, 0.4) is 0 Å². The summed E-state index contributed by atoms with van der Waals surface area (Å²) in [5.41, 5.74) is 0.485. The summed E-state index contributed by atoms with van der Waals surface area (Å²) in [6.07, 6.45) is 0. The Balaban J connectivity index is 2.68. The van der Waals surface area contributed by atoms with Crippen LogP contribution < -0.4 is 4.18 Å². The van der Waals surface area contributed by atoms with E-state index in [1.165, 1.54) is 6.07 Å². The first-order valence-electron chi connectivity index (χ1n) is 3.38. The van der Waals surface area contributed by atoms with Gasteiger partial charge in [-0.05, 0) is 12.1 Å². The zero-order valence-corrected chi connectivity index (χ0v) is 7.84. The molecular formula is C7H4ClNO3S. The smallest absolute Gasteiger partial charge is 0.365 e. The van der Waals surface area contributed by atoms with Crippen LogP contribution in [0, 0.1) is 0 Å².